The van der Waals surface area contributed by atoms with Gasteiger partial charge in [-0.05, 0) is 12.1 Å². The predicted octanol–water partition coefficient (Wildman–Crippen LogP) is 1.14. The molecule has 2 rings (SSSR count). The molecule has 7 nitrogen and oxygen atoms in total. The Morgan fingerprint density at radius 2 is 2.05 bits per heavy atom. The van der Waals surface area contributed by atoms with Crippen LogP contribution in [0.1, 0.15) is 6.92 Å². The molecule has 1 heterocycles. The first-order valence-electron chi connectivity index (χ1n) is 5.83. The lowest BCUT2D eigenvalue weighted by Crippen LogP contribution is -2.41. The molecule has 2 aromatic rings. The van der Waals surface area contributed by atoms with E-state index in [0.717, 1.165) is 11.8 Å². The van der Waals surface area contributed by atoms with E-state index in [0.29, 0.717) is 0 Å². The highest BCUT2D eigenvalue weighted by Gasteiger charge is 2.13. The highest BCUT2D eigenvalue weighted by atomic mass is 32.2. The van der Waals surface area contributed by atoms with Crippen LogP contribution in [0.4, 0.5) is 4.39 Å². The normalized spacial score (nSPS) is 10.2. The smallest absolute Gasteiger partial charge is 0.277 e. The Hall–Kier alpha value is -2.42. The van der Waals surface area contributed by atoms with Crippen molar-refractivity contribution in [3.8, 4) is 11.5 Å². The van der Waals surface area contributed by atoms with Gasteiger partial charge in [0.1, 0.15) is 5.82 Å². The molecular formula is C12H11FN4O3S. The van der Waals surface area contributed by atoms with E-state index in [9.17, 15) is 14.0 Å². The van der Waals surface area contributed by atoms with Gasteiger partial charge in [-0.25, -0.2) is 4.39 Å². The minimum atomic E-state index is -0.471. The van der Waals surface area contributed by atoms with Crippen LogP contribution in [0.15, 0.2) is 33.9 Å². The van der Waals surface area contributed by atoms with Crippen molar-refractivity contribution in [3.63, 3.8) is 0 Å². The van der Waals surface area contributed by atoms with Gasteiger partial charge in [0.25, 0.3) is 11.1 Å². The first-order valence-corrected chi connectivity index (χ1v) is 6.81. The molecule has 0 aliphatic rings. The summed E-state index contributed by atoms with van der Waals surface area (Å²) in [5, 5.41) is 7.56. The summed E-state index contributed by atoms with van der Waals surface area (Å²) in [5.41, 5.74) is 4.54. The van der Waals surface area contributed by atoms with Crippen molar-refractivity contribution in [1.82, 2.24) is 21.0 Å². The van der Waals surface area contributed by atoms with Crippen LogP contribution in [-0.2, 0) is 9.59 Å². The molecule has 0 bridgehead atoms. The molecule has 0 aliphatic heterocycles. The number of carbonyl (C=O) groups is 2. The number of rotatable bonds is 4. The zero-order chi connectivity index (χ0) is 15.2. The van der Waals surface area contributed by atoms with Gasteiger partial charge in [-0.2, -0.15) is 0 Å². The number of nitrogens with zero attached hydrogens (tertiary/aromatic N) is 2. The van der Waals surface area contributed by atoms with Crippen LogP contribution in [0.5, 0.6) is 0 Å². The third-order valence-electron chi connectivity index (χ3n) is 2.22. The van der Waals surface area contributed by atoms with Crippen LogP contribution in [0, 0.1) is 5.82 Å². The number of hydrogen-bond acceptors (Lipinski definition) is 6. The van der Waals surface area contributed by atoms with E-state index in [-0.39, 0.29) is 28.3 Å². The van der Waals surface area contributed by atoms with Crippen molar-refractivity contribution in [2.75, 3.05) is 5.75 Å². The molecule has 2 amide bonds. The zero-order valence-corrected chi connectivity index (χ0v) is 11.7. The van der Waals surface area contributed by atoms with Crippen LogP contribution >= 0.6 is 11.8 Å². The second kappa shape index (κ2) is 6.84. The maximum absolute atomic E-state index is 13.5. The molecular weight excluding hydrogens is 299 g/mol. The summed E-state index contributed by atoms with van der Waals surface area (Å²) in [5.74, 6) is -1.27. The Bertz CT molecular complexity index is 661. The van der Waals surface area contributed by atoms with Gasteiger partial charge >= 0.3 is 0 Å². The molecule has 0 atom stereocenters. The van der Waals surface area contributed by atoms with Gasteiger partial charge in [-0.15, -0.1) is 10.2 Å². The third-order valence-corrected chi connectivity index (χ3v) is 3.03. The fourth-order valence-electron chi connectivity index (χ4n) is 1.33. The maximum Gasteiger partial charge on any atom is 0.277 e. The standard InChI is InChI=1S/C12H11FN4O3S/c1-7(18)14-15-10(19)6-21-12-17-16-11(20-12)8-4-2-3-5-9(8)13/h2-5H,6H2,1H3,(H,14,18)(H,15,19). The van der Waals surface area contributed by atoms with E-state index < -0.39 is 11.7 Å². The van der Waals surface area contributed by atoms with Gasteiger partial charge in [-0.3, -0.25) is 20.4 Å². The number of carbonyl (C=O) groups excluding carboxylic acids is 2. The van der Waals surface area contributed by atoms with E-state index in [1.807, 2.05) is 0 Å². The van der Waals surface area contributed by atoms with Crippen LogP contribution in [-0.4, -0.2) is 27.8 Å². The number of aromatic nitrogens is 2. The molecule has 1 aromatic carbocycles. The summed E-state index contributed by atoms with van der Waals surface area (Å²) < 4.78 is 18.8. The maximum atomic E-state index is 13.5. The van der Waals surface area contributed by atoms with E-state index in [1.54, 1.807) is 12.1 Å². The average Bonchev–Trinajstić information content (AvgIpc) is 2.92. The molecule has 0 spiro atoms. The predicted molar refractivity (Wildman–Crippen MR) is 72.4 cm³/mol. The van der Waals surface area contributed by atoms with Gasteiger partial charge < -0.3 is 4.42 Å². The Morgan fingerprint density at radius 3 is 2.76 bits per heavy atom. The van der Waals surface area contributed by atoms with Crippen molar-refractivity contribution in [1.29, 1.82) is 0 Å². The third kappa shape index (κ3) is 4.28. The monoisotopic (exact) mass is 310 g/mol. The lowest BCUT2D eigenvalue weighted by Gasteiger charge is -2.02. The van der Waals surface area contributed by atoms with Gasteiger partial charge in [0.05, 0.1) is 11.3 Å². The molecule has 0 fully saturated rings. The van der Waals surface area contributed by atoms with E-state index in [1.165, 1.54) is 19.1 Å². The zero-order valence-electron chi connectivity index (χ0n) is 10.9. The van der Waals surface area contributed by atoms with E-state index in [2.05, 4.69) is 21.0 Å². The first-order chi connectivity index (χ1) is 10.1. The minimum Gasteiger partial charge on any atom is -0.411 e. The summed E-state index contributed by atoms with van der Waals surface area (Å²) >= 11 is 0.975. The minimum absolute atomic E-state index is 0.0286. The number of hydrogen-bond donors (Lipinski definition) is 2. The van der Waals surface area contributed by atoms with Gasteiger partial charge in [0.15, 0.2) is 0 Å². The quantitative estimate of drug-likeness (QED) is 0.649. The first kappa shape index (κ1) is 15.0. The number of halogens is 1. The number of hydrazine groups is 1. The second-order valence-electron chi connectivity index (χ2n) is 3.87. The number of thioether (sulfide) groups is 1. The fraction of sp³-hybridized carbons (Fsp3) is 0.167. The van der Waals surface area contributed by atoms with Crippen molar-refractivity contribution in [2.45, 2.75) is 12.1 Å². The van der Waals surface area contributed by atoms with E-state index in [4.69, 9.17) is 4.42 Å². The highest BCUT2D eigenvalue weighted by molar-refractivity contribution is 7.99. The molecule has 110 valence electrons. The molecule has 1 aromatic heterocycles. The lowest BCUT2D eigenvalue weighted by molar-refractivity contribution is -0.126. The fourth-order valence-corrected chi connectivity index (χ4v) is 1.90. The summed E-state index contributed by atoms with van der Waals surface area (Å²) in [6.45, 7) is 1.27. The second-order valence-corrected chi connectivity index (χ2v) is 4.80. The summed E-state index contributed by atoms with van der Waals surface area (Å²) in [6.07, 6.45) is 0. The molecule has 0 saturated carbocycles. The van der Waals surface area contributed by atoms with Crippen molar-refractivity contribution in [2.24, 2.45) is 0 Å². The largest absolute Gasteiger partial charge is 0.411 e. The SMILES string of the molecule is CC(=O)NNC(=O)CSc1nnc(-c2ccccc2F)o1. The molecule has 0 saturated heterocycles. The summed E-state index contributed by atoms with van der Waals surface area (Å²) in [6, 6.07) is 6.00. The highest BCUT2D eigenvalue weighted by Crippen LogP contribution is 2.24. The van der Waals surface area contributed by atoms with Gasteiger partial charge in [0.2, 0.25) is 11.8 Å². The van der Waals surface area contributed by atoms with Crippen LogP contribution < -0.4 is 10.9 Å². The Labute approximate surface area is 123 Å². The summed E-state index contributed by atoms with van der Waals surface area (Å²) in [4.78, 5) is 22.0. The van der Waals surface area contributed by atoms with Crippen LogP contribution in [0.3, 0.4) is 0 Å². The van der Waals surface area contributed by atoms with Gasteiger partial charge in [-0.1, -0.05) is 23.9 Å². The van der Waals surface area contributed by atoms with Crippen molar-refractivity contribution in [3.05, 3.63) is 30.1 Å². The van der Waals surface area contributed by atoms with Gasteiger partial charge in [0, 0.05) is 6.92 Å². The number of nitrogens with one attached hydrogen (secondary N) is 2. The summed E-state index contributed by atoms with van der Waals surface area (Å²) in [7, 11) is 0. The molecule has 0 unspecified atom stereocenters. The van der Waals surface area contributed by atoms with Crippen LogP contribution in [0.2, 0.25) is 0 Å². The van der Waals surface area contributed by atoms with Crippen molar-refractivity contribution >= 4 is 23.6 Å². The Kier molecular flexibility index (Phi) is 4.88. The molecule has 2 N–H and O–H groups in total. The molecule has 21 heavy (non-hydrogen) atoms. The number of benzene rings is 1. The average molecular weight is 310 g/mol. The molecule has 9 heteroatoms. The molecule has 0 radical (unpaired) electrons. The topological polar surface area (TPSA) is 97.1 Å². The Morgan fingerprint density at radius 1 is 1.29 bits per heavy atom. The van der Waals surface area contributed by atoms with E-state index >= 15 is 0 Å². The Balaban J connectivity index is 1.93. The molecule has 0 aliphatic carbocycles. The number of amides is 2. The lowest BCUT2D eigenvalue weighted by atomic mass is 10.2. The van der Waals surface area contributed by atoms with Crippen LogP contribution in [0.25, 0.3) is 11.5 Å². The van der Waals surface area contributed by atoms with Crippen molar-refractivity contribution < 1.29 is 18.4 Å².